The highest BCUT2D eigenvalue weighted by Gasteiger charge is 1.89. The van der Waals surface area contributed by atoms with E-state index in [-0.39, 0.29) is 0 Å². The van der Waals surface area contributed by atoms with Gasteiger partial charge in [0.05, 0.1) is 0 Å². The lowest BCUT2D eigenvalue weighted by Gasteiger charge is -1.98. The molecule has 4 N–H and O–H groups in total. The van der Waals surface area contributed by atoms with Gasteiger partial charge in [-0.2, -0.15) is 0 Å². The number of halogens is 1. The summed E-state index contributed by atoms with van der Waals surface area (Å²) in [5.74, 6) is -1.12. The fourth-order valence-electron chi connectivity index (χ4n) is 1.23. The van der Waals surface area contributed by atoms with Crippen molar-refractivity contribution in [3.05, 3.63) is 25.3 Å². The summed E-state index contributed by atoms with van der Waals surface area (Å²) in [6.45, 7) is 8.18. The van der Waals surface area contributed by atoms with E-state index in [2.05, 4.69) is 20.1 Å². The summed E-state index contributed by atoms with van der Waals surface area (Å²) in [5, 5.41) is 29.2. The van der Waals surface area contributed by atoms with Gasteiger partial charge >= 0.3 is 11.9 Å². The Morgan fingerprint density at radius 2 is 1.00 bits per heavy atom. The van der Waals surface area contributed by atoms with Crippen LogP contribution in [0.2, 0.25) is 0 Å². The third-order valence-corrected chi connectivity index (χ3v) is 2.60. The number of aliphatic carboxylic acids is 2. The SMILES string of the molecule is C=CC(=O)O.C=CC(=O)O.CCCCCCCCCCCl.CO.CO. The second-order valence-electron chi connectivity index (χ2n) is 4.25. The van der Waals surface area contributed by atoms with Crippen LogP contribution >= 0.6 is 11.6 Å². The molecule has 0 heterocycles. The van der Waals surface area contributed by atoms with Crippen LogP contribution in [-0.4, -0.2) is 52.5 Å². The molecular formula is C18H37ClO6. The van der Waals surface area contributed by atoms with E-state index >= 15 is 0 Å². The molecule has 0 amide bonds. The minimum atomic E-state index is -0.981. The van der Waals surface area contributed by atoms with Crippen LogP contribution in [0.5, 0.6) is 0 Å². The van der Waals surface area contributed by atoms with E-state index in [4.69, 9.17) is 32.0 Å². The Labute approximate surface area is 157 Å². The number of unbranched alkanes of at least 4 members (excludes halogenated alkanes) is 7. The first-order chi connectivity index (χ1) is 12.0. The van der Waals surface area contributed by atoms with Gasteiger partial charge in [0.1, 0.15) is 0 Å². The minimum Gasteiger partial charge on any atom is -0.478 e. The molecule has 6 nitrogen and oxygen atoms in total. The number of aliphatic hydroxyl groups excluding tert-OH is 2. The Morgan fingerprint density at radius 3 is 1.20 bits per heavy atom. The lowest BCUT2D eigenvalue weighted by Crippen LogP contribution is -1.82. The van der Waals surface area contributed by atoms with Crippen molar-refractivity contribution in [3.8, 4) is 0 Å². The number of carbonyl (C=O) groups is 2. The molecule has 0 aromatic rings. The Morgan fingerprint density at radius 1 is 0.760 bits per heavy atom. The van der Waals surface area contributed by atoms with Gasteiger partial charge in [-0.25, -0.2) is 9.59 Å². The van der Waals surface area contributed by atoms with E-state index in [1.165, 1.54) is 51.4 Å². The van der Waals surface area contributed by atoms with Crippen LogP contribution in [0.4, 0.5) is 0 Å². The fraction of sp³-hybridized carbons (Fsp3) is 0.667. The highest BCUT2D eigenvalue weighted by atomic mass is 35.5. The summed E-state index contributed by atoms with van der Waals surface area (Å²) in [5.41, 5.74) is 0. The van der Waals surface area contributed by atoms with Gasteiger partial charge < -0.3 is 20.4 Å². The lowest BCUT2D eigenvalue weighted by atomic mass is 10.1. The maximum absolute atomic E-state index is 9.25. The van der Waals surface area contributed by atoms with Crippen molar-refractivity contribution in [3.63, 3.8) is 0 Å². The standard InChI is InChI=1S/C10H21Cl.2C3H4O2.2CH4O/c1-2-3-4-5-6-7-8-9-10-11;2*1-2-3(4)5;2*1-2/h2-10H2,1H3;2*2H,1H2,(H,4,5);2*2H,1H3. The Balaban J connectivity index is -0.0000000801. The Hall–Kier alpha value is -1.37. The molecule has 0 aromatic carbocycles. The van der Waals surface area contributed by atoms with E-state index in [1.807, 2.05) is 0 Å². The number of carboxylic acid groups (broad SMARTS) is 2. The van der Waals surface area contributed by atoms with Crippen molar-refractivity contribution >= 4 is 23.5 Å². The largest absolute Gasteiger partial charge is 0.478 e. The molecule has 152 valence electrons. The van der Waals surface area contributed by atoms with Gasteiger partial charge in [-0.15, -0.1) is 11.6 Å². The molecule has 0 spiro atoms. The second-order valence-corrected chi connectivity index (χ2v) is 4.63. The Bertz CT molecular complexity index is 244. The molecule has 0 radical (unpaired) electrons. The summed E-state index contributed by atoms with van der Waals surface area (Å²) in [6, 6.07) is 0. The van der Waals surface area contributed by atoms with Crippen LogP contribution in [0.1, 0.15) is 58.3 Å². The van der Waals surface area contributed by atoms with Gasteiger partial charge in [0.2, 0.25) is 0 Å². The second kappa shape index (κ2) is 43.3. The van der Waals surface area contributed by atoms with Crippen LogP contribution in [-0.2, 0) is 9.59 Å². The molecule has 0 fully saturated rings. The number of rotatable bonds is 10. The minimum absolute atomic E-state index is 0.833. The number of alkyl halides is 1. The molecule has 25 heavy (non-hydrogen) atoms. The molecule has 0 bridgehead atoms. The van der Waals surface area contributed by atoms with Crippen molar-refractivity contribution < 1.29 is 30.0 Å². The zero-order valence-corrected chi connectivity index (χ0v) is 16.7. The van der Waals surface area contributed by atoms with Gasteiger partial charge in [0.15, 0.2) is 0 Å². The van der Waals surface area contributed by atoms with E-state index in [1.54, 1.807) is 0 Å². The van der Waals surface area contributed by atoms with Gasteiger partial charge in [-0.05, 0) is 6.42 Å². The van der Waals surface area contributed by atoms with E-state index < -0.39 is 11.9 Å². The highest BCUT2D eigenvalue weighted by molar-refractivity contribution is 6.17. The van der Waals surface area contributed by atoms with Gasteiger partial charge in [-0.3, -0.25) is 0 Å². The number of hydrogen-bond donors (Lipinski definition) is 4. The van der Waals surface area contributed by atoms with Crippen LogP contribution in [0.15, 0.2) is 25.3 Å². The van der Waals surface area contributed by atoms with Crippen molar-refractivity contribution in [1.82, 2.24) is 0 Å². The molecule has 7 heteroatoms. The molecule has 0 aromatic heterocycles. The smallest absolute Gasteiger partial charge is 0.327 e. The van der Waals surface area contributed by atoms with Crippen molar-refractivity contribution in [1.29, 1.82) is 0 Å². The molecule has 0 aliphatic rings. The molecule has 0 aliphatic carbocycles. The maximum Gasteiger partial charge on any atom is 0.327 e. The zero-order chi connectivity index (χ0) is 20.9. The topological polar surface area (TPSA) is 115 Å². The normalized spacial score (nSPS) is 7.60. The van der Waals surface area contributed by atoms with E-state index in [9.17, 15) is 9.59 Å². The molecule has 0 atom stereocenters. The number of aliphatic hydroxyl groups is 2. The first kappa shape index (κ1) is 34.9. The summed E-state index contributed by atoms with van der Waals surface area (Å²) < 4.78 is 0. The van der Waals surface area contributed by atoms with Gasteiger partial charge in [-0.1, -0.05) is 65.0 Å². The van der Waals surface area contributed by atoms with E-state index in [0.717, 1.165) is 32.3 Å². The molecule has 0 rings (SSSR count). The Kier molecular flexibility index (Phi) is 60.4. The predicted octanol–water partition coefficient (Wildman–Crippen LogP) is 4.10. The van der Waals surface area contributed by atoms with E-state index in [0.29, 0.717) is 0 Å². The highest BCUT2D eigenvalue weighted by Crippen LogP contribution is 2.08. The fourth-order valence-corrected chi connectivity index (χ4v) is 1.42. The summed E-state index contributed by atoms with van der Waals surface area (Å²) >= 11 is 5.56. The van der Waals surface area contributed by atoms with Crippen molar-refractivity contribution in [2.45, 2.75) is 58.3 Å². The number of hydrogen-bond acceptors (Lipinski definition) is 4. The summed E-state index contributed by atoms with van der Waals surface area (Å²) in [4.78, 5) is 18.5. The lowest BCUT2D eigenvalue weighted by molar-refractivity contribution is -0.132. The summed E-state index contributed by atoms with van der Waals surface area (Å²) in [7, 11) is 2.00. The van der Waals surface area contributed by atoms with Gasteiger partial charge in [0, 0.05) is 32.3 Å². The van der Waals surface area contributed by atoms with Crippen molar-refractivity contribution in [2.75, 3.05) is 20.1 Å². The quantitative estimate of drug-likeness (QED) is 0.256. The molecule has 0 saturated heterocycles. The monoisotopic (exact) mass is 384 g/mol. The van der Waals surface area contributed by atoms with Gasteiger partial charge in [0.25, 0.3) is 0 Å². The molecule has 0 saturated carbocycles. The average molecular weight is 385 g/mol. The maximum atomic E-state index is 9.25. The van der Waals surface area contributed by atoms with Crippen molar-refractivity contribution in [2.24, 2.45) is 0 Å². The summed E-state index contributed by atoms with van der Waals surface area (Å²) in [6.07, 6.45) is 12.6. The number of carboxylic acids is 2. The van der Waals surface area contributed by atoms with Crippen LogP contribution < -0.4 is 0 Å². The third-order valence-electron chi connectivity index (χ3n) is 2.34. The molecule has 0 unspecified atom stereocenters. The molecular weight excluding hydrogens is 348 g/mol. The third kappa shape index (κ3) is 85.2. The average Bonchev–Trinajstić information content (AvgIpc) is 2.65. The predicted molar refractivity (Wildman–Crippen MR) is 105 cm³/mol. The van der Waals surface area contributed by atoms with Crippen LogP contribution in [0, 0.1) is 0 Å². The first-order valence-corrected chi connectivity index (χ1v) is 8.65. The van der Waals surface area contributed by atoms with Crippen LogP contribution in [0.25, 0.3) is 0 Å². The molecule has 0 aliphatic heterocycles. The zero-order valence-electron chi connectivity index (χ0n) is 15.9. The first-order valence-electron chi connectivity index (χ1n) is 8.12. The van der Waals surface area contributed by atoms with Crippen LogP contribution in [0.3, 0.4) is 0 Å².